The van der Waals surface area contributed by atoms with E-state index in [9.17, 15) is 15.2 Å². The maximum atomic E-state index is 12.4. The fourth-order valence-electron chi connectivity index (χ4n) is 4.87. The number of rotatable bonds is 12. The van der Waals surface area contributed by atoms with Gasteiger partial charge in [0, 0.05) is 6.07 Å². The lowest BCUT2D eigenvalue weighted by Gasteiger charge is -2.32. The number of aromatic nitrogens is 1. The number of aryl methyl sites for hydroxylation is 1. The van der Waals surface area contributed by atoms with Crippen molar-refractivity contribution in [3.8, 4) is 11.9 Å². The number of carbonyl (C=O) groups is 1. The van der Waals surface area contributed by atoms with E-state index in [1.807, 2.05) is 52.0 Å². The molecule has 2 heterocycles. The molecule has 1 aliphatic heterocycles. The van der Waals surface area contributed by atoms with Gasteiger partial charge in [0.2, 0.25) is 5.88 Å². The zero-order chi connectivity index (χ0) is 31.2. The van der Waals surface area contributed by atoms with Crippen molar-refractivity contribution in [2.45, 2.75) is 84.2 Å². The van der Waals surface area contributed by atoms with Crippen LogP contribution in [-0.4, -0.2) is 47.1 Å². The molecule has 0 spiro atoms. The van der Waals surface area contributed by atoms with Crippen LogP contribution in [0, 0.1) is 11.3 Å². The SMILES string of the molecule is CCOC(=O)Cc1ccc(B2OC(C)(C)C(C)(C)O2)cc1CCC(O)Cc1cc(C#N)ccc1COc1cccc(Cl)n1. The standard InChI is InChI=1S/C33H38BClN2O6/c1-6-40-31(39)19-24-12-14-27(34-42-32(2,3)33(4,5)43-34)17-23(24)13-15-28(38)18-26-16-22(20-36)10-11-25(26)21-41-30-9-7-8-29(35)37-30/h7-12,14,16-17,28,38H,6,13,15,18-19,21H2,1-5H3. The zero-order valence-electron chi connectivity index (χ0n) is 25.4. The van der Waals surface area contributed by atoms with Crippen LogP contribution >= 0.6 is 11.6 Å². The number of ether oxygens (including phenoxy) is 2. The maximum Gasteiger partial charge on any atom is 0.494 e. The molecular formula is C33H38BClN2O6. The Morgan fingerprint density at radius 2 is 1.77 bits per heavy atom. The van der Waals surface area contributed by atoms with E-state index in [1.165, 1.54) is 0 Å². The summed E-state index contributed by atoms with van der Waals surface area (Å²) in [6.07, 6.45) is 0.676. The van der Waals surface area contributed by atoms with Gasteiger partial charge in [0.25, 0.3) is 0 Å². The van der Waals surface area contributed by atoms with Crippen molar-refractivity contribution < 1.29 is 28.7 Å². The van der Waals surface area contributed by atoms with Gasteiger partial charge in [-0.25, -0.2) is 4.98 Å². The zero-order valence-corrected chi connectivity index (χ0v) is 26.1. The lowest BCUT2D eigenvalue weighted by molar-refractivity contribution is -0.142. The first kappa shape index (κ1) is 32.5. The highest BCUT2D eigenvalue weighted by Gasteiger charge is 2.51. The quantitative estimate of drug-likeness (QED) is 0.172. The molecule has 1 atom stereocenters. The fourth-order valence-corrected chi connectivity index (χ4v) is 5.03. The molecule has 226 valence electrons. The van der Waals surface area contributed by atoms with Crippen molar-refractivity contribution in [2.75, 3.05) is 6.61 Å². The highest BCUT2D eigenvalue weighted by Crippen LogP contribution is 2.36. The van der Waals surface area contributed by atoms with Crippen molar-refractivity contribution in [3.63, 3.8) is 0 Å². The number of halogens is 1. The van der Waals surface area contributed by atoms with E-state index >= 15 is 0 Å². The van der Waals surface area contributed by atoms with Crippen molar-refractivity contribution in [3.05, 3.63) is 87.6 Å². The molecule has 10 heteroatoms. The molecule has 0 radical (unpaired) electrons. The van der Waals surface area contributed by atoms with E-state index in [0.29, 0.717) is 42.5 Å². The molecule has 8 nitrogen and oxygen atoms in total. The molecule has 1 aliphatic rings. The summed E-state index contributed by atoms with van der Waals surface area (Å²) < 4.78 is 23.5. The fraction of sp³-hybridized carbons (Fsp3) is 0.424. The summed E-state index contributed by atoms with van der Waals surface area (Å²) in [5, 5.41) is 21.0. The molecule has 1 aromatic heterocycles. The van der Waals surface area contributed by atoms with Gasteiger partial charge in [-0.3, -0.25) is 4.79 Å². The molecule has 0 bridgehead atoms. The van der Waals surface area contributed by atoms with E-state index < -0.39 is 24.4 Å². The normalized spacial score (nSPS) is 16.0. The summed E-state index contributed by atoms with van der Waals surface area (Å²) in [5.41, 5.74) is 3.78. The summed E-state index contributed by atoms with van der Waals surface area (Å²) in [6, 6.07) is 18.5. The number of nitrogens with zero attached hydrogens (tertiary/aromatic N) is 2. The first-order valence-corrected chi connectivity index (χ1v) is 14.9. The van der Waals surface area contributed by atoms with Crippen molar-refractivity contribution in [1.82, 2.24) is 4.98 Å². The van der Waals surface area contributed by atoms with Crippen LogP contribution in [0.25, 0.3) is 0 Å². The number of hydrogen-bond acceptors (Lipinski definition) is 8. The maximum absolute atomic E-state index is 12.4. The van der Waals surface area contributed by atoms with Gasteiger partial charge in [0.1, 0.15) is 11.8 Å². The first-order chi connectivity index (χ1) is 20.4. The minimum atomic E-state index is -0.715. The molecule has 2 aromatic carbocycles. The van der Waals surface area contributed by atoms with Crippen LogP contribution in [0.1, 0.15) is 68.9 Å². The number of pyridine rings is 1. The van der Waals surface area contributed by atoms with E-state index in [1.54, 1.807) is 37.3 Å². The first-order valence-electron chi connectivity index (χ1n) is 14.5. The number of aliphatic hydroxyl groups excluding tert-OH is 1. The average Bonchev–Trinajstić information content (AvgIpc) is 3.18. The summed E-state index contributed by atoms with van der Waals surface area (Å²) in [7, 11) is -0.546. The monoisotopic (exact) mass is 604 g/mol. The molecule has 4 rings (SSSR count). The topological polar surface area (TPSA) is 111 Å². The number of benzene rings is 2. The van der Waals surface area contributed by atoms with Gasteiger partial charge >= 0.3 is 13.1 Å². The van der Waals surface area contributed by atoms with Gasteiger partial charge in [0.15, 0.2) is 0 Å². The van der Waals surface area contributed by atoms with Gasteiger partial charge < -0.3 is 23.9 Å². The van der Waals surface area contributed by atoms with Gasteiger partial charge in [-0.05, 0) is 99.8 Å². The Morgan fingerprint density at radius 3 is 2.44 bits per heavy atom. The van der Waals surface area contributed by atoms with Crippen LogP contribution in [0.2, 0.25) is 5.15 Å². The molecule has 3 aromatic rings. The van der Waals surface area contributed by atoms with Gasteiger partial charge in [-0.15, -0.1) is 0 Å². The lowest BCUT2D eigenvalue weighted by atomic mass is 9.77. The van der Waals surface area contributed by atoms with E-state index in [2.05, 4.69) is 11.1 Å². The Morgan fingerprint density at radius 1 is 1.05 bits per heavy atom. The number of carbonyl (C=O) groups excluding carboxylic acids is 1. The molecule has 1 unspecified atom stereocenters. The lowest BCUT2D eigenvalue weighted by Crippen LogP contribution is -2.41. The minimum Gasteiger partial charge on any atom is -0.473 e. The third kappa shape index (κ3) is 8.36. The molecule has 0 amide bonds. The Hall–Kier alpha value is -3.42. The summed E-state index contributed by atoms with van der Waals surface area (Å²) >= 11 is 5.98. The molecule has 1 fully saturated rings. The third-order valence-corrected chi connectivity index (χ3v) is 8.21. The minimum absolute atomic E-state index is 0.131. The van der Waals surface area contributed by atoms with E-state index in [0.717, 1.165) is 27.7 Å². The van der Waals surface area contributed by atoms with Crippen LogP contribution in [-0.2, 0) is 44.7 Å². The highest BCUT2D eigenvalue weighted by molar-refractivity contribution is 6.62. The third-order valence-electron chi connectivity index (χ3n) is 8.00. The predicted molar refractivity (Wildman–Crippen MR) is 165 cm³/mol. The molecule has 0 saturated carbocycles. The van der Waals surface area contributed by atoms with Crippen molar-refractivity contribution in [1.29, 1.82) is 5.26 Å². The van der Waals surface area contributed by atoms with E-state index in [-0.39, 0.29) is 19.0 Å². The summed E-state index contributed by atoms with van der Waals surface area (Å²) in [5.74, 6) is 0.0826. The molecular weight excluding hydrogens is 567 g/mol. The Bertz CT molecular complexity index is 1470. The van der Waals surface area contributed by atoms with Crippen LogP contribution in [0.3, 0.4) is 0 Å². The second-order valence-electron chi connectivity index (χ2n) is 11.7. The number of aliphatic hydroxyl groups is 1. The summed E-state index contributed by atoms with van der Waals surface area (Å²) in [6.45, 7) is 10.3. The predicted octanol–water partition coefficient (Wildman–Crippen LogP) is 5.13. The highest BCUT2D eigenvalue weighted by atomic mass is 35.5. The number of nitriles is 1. The molecule has 43 heavy (non-hydrogen) atoms. The van der Waals surface area contributed by atoms with Crippen LogP contribution in [0.15, 0.2) is 54.6 Å². The number of esters is 1. The van der Waals surface area contributed by atoms with Crippen molar-refractivity contribution >= 4 is 30.2 Å². The Kier molecular flexibility index (Phi) is 10.5. The largest absolute Gasteiger partial charge is 0.494 e. The second-order valence-corrected chi connectivity index (χ2v) is 12.1. The molecule has 1 N–H and O–H groups in total. The van der Waals surface area contributed by atoms with Crippen LogP contribution in [0.4, 0.5) is 0 Å². The number of hydrogen-bond donors (Lipinski definition) is 1. The van der Waals surface area contributed by atoms with E-state index in [4.69, 9.17) is 30.4 Å². The van der Waals surface area contributed by atoms with Crippen LogP contribution in [0.5, 0.6) is 5.88 Å². The van der Waals surface area contributed by atoms with Gasteiger partial charge in [0.05, 0.1) is 42.0 Å². The van der Waals surface area contributed by atoms with Crippen LogP contribution < -0.4 is 10.2 Å². The average molecular weight is 605 g/mol. The molecule has 0 aliphatic carbocycles. The summed E-state index contributed by atoms with van der Waals surface area (Å²) in [4.78, 5) is 16.5. The Balaban J connectivity index is 1.50. The molecule has 1 saturated heterocycles. The second kappa shape index (κ2) is 13.9. The van der Waals surface area contributed by atoms with Gasteiger partial charge in [-0.1, -0.05) is 41.9 Å². The van der Waals surface area contributed by atoms with Gasteiger partial charge in [-0.2, -0.15) is 5.26 Å². The smallest absolute Gasteiger partial charge is 0.473 e. The Labute approximate surface area is 259 Å². The van der Waals surface area contributed by atoms with Crippen molar-refractivity contribution in [2.24, 2.45) is 0 Å².